The lowest BCUT2D eigenvalue weighted by Crippen LogP contribution is -2.27. The van der Waals surface area contributed by atoms with Crippen molar-refractivity contribution in [3.63, 3.8) is 0 Å². The van der Waals surface area contributed by atoms with E-state index >= 15 is 0 Å². The second-order valence-electron chi connectivity index (χ2n) is 5.97. The summed E-state index contributed by atoms with van der Waals surface area (Å²) >= 11 is 0. The molecule has 0 saturated heterocycles. The second kappa shape index (κ2) is 5.79. The fourth-order valence-electron chi connectivity index (χ4n) is 2.13. The SMILES string of the molecule is CCNC(CC(C)(C)C)c1c(F)ccc(C)c1F. The molecular formula is C15H23F2N. The van der Waals surface area contributed by atoms with Crippen LogP contribution >= 0.6 is 0 Å². The molecule has 0 aliphatic heterocycles. The molecule has 0 saturated carbocycles. The van der Waals surface area contributed by atoms with Gasteiger partial charge in [0.2, 0.25) is 0 Å². The van der Waals surface area contributed by atoms with Gasteiger partial charge in [0, 0.05) is 11.6 Å². The third-order valence-corrected chi connectivity index (χ3v) is 2.94. The zero-order valence-corrected chi connectivity index (χ0v) is 11.9. The van der Waals surface area contributed by atoms with Crippen LogP contribution in [0.1, 0.15) is 51.3 Å². The molecule has 1 aromatic rings. The highest BCUT2D eigenvalue weighted by Crippen LogP contribution is 2.32. The fraction of sp³-hybridized carbons (Fsp3) is 0.600. The summed E-state index contributed by atoms with van der Waals surface area (Å²) in [6.07, 6.45) is 0.693. The van der Waals surface area contributed by atoms with Crippen molar-refractivity contribution in [2.24, 2.45) is 5.41 Å². The molecule has 0 heterocycles. The standard InChI is InChI=1S/C15H23F2N/c1-6-18-12(9-15(3,4)5)13-11(16)8-7-10(2)14(13)17/h7-8,12,18H,6,9H2,1-5H3. The molecule has 1 N–H and O–H groups in total. The Morgan fingerprint density at radius 2 is 1.83 bits per heavy atom. The van der Waals surface area contributed by atoms with Gasteiger partial charge in [0.25, 0.3) is 0 Å². The van der Waals surface area contributed by atoms with Crippen LogP contribution in [0.25, 0.3) is 0 Å². The summed E-state index contributed by atoms with van der Waals surface area (Å²) in [6, 6.07) is 2.55. The molecule has 0 spiro atoms. The van der Waals surface area contributed by atoms with E-state index in [4.69, 9.17) is 0 Å². The average Bonchev–Trinajstić information content (AvgIpc) is 2.22. The Bertz CT molecular complexity index is 408. The van der Waals surface area contributed by atoms with Gasteiger partial charge < -0.3 is 5.32 Å². The van der Waals surface area contributed by atoms with Gasteiger partial charge in [0.1, 0.15) is 11.6 Å². The van der Waals surface area contributed by atoms with E-state index in [1.807, 2.05) is 6.92 Å². The van der Waals surface area contributed by atoms with Crippen LogP contribution in [0.4, 0.5) is 8.78 Å². The second-order valence-corrected chi connectivity index (χ2v) is 5.97. The lowest BCUT2D eigenvalue weighted by atomic mass is 9.84. The molecule has 1 nitrogen and oxygen atoms in total. The molecule has 0 bridgehead atoms. The Morgan fingerprint density at radius 3 is 2.33 bits per heavy atom. The normalized spacial score (nSPS) is 13.7. The van der Waals surface area contributed by atoms with Crippen LogP contribution < -0.4 is 5.32 Å². The summed E-state index contributed by atoms with van der Waals surface area (Å²) < 4.78 is 28.0. The third-order valence-electron chi connectivity index (χ3n) is 2.94. The van der Waals surface area contributed by atoms with Crippen molar-refractivity contribution in [1.82, 2.24) is 5.32 Å². The van der Waals surface area contributed by atoms with Gasteiger partial charge in [0.15, 0.2) is 0 Å². The molecule has 3 heteroatoms. The number of hydrogen-bond donors (Lipinski definition) is 1. The summed E-state index contributed by atoms with van der Waals surface area (Å²) in [6.45, 7) is 10.5. The molecule has 0 radical (unpaired) electrons. The van der Waals surface area contributed by atoms with Gasteiger partial charge >= 0.3 is 0 Å². The van der Waals surface area contributed by atoms with Crippen LogP contribution in [0, 0.1) is 24.0 Å². The monoisotopic (exact) mass is 255 g/mol. The summed E-state index contributed by atoms with van der Waals surface area (Å²) in [4.78, 5) is 0. The van der Waals surface area contributed by atoms with E-state index in [2.05, 4.69) is 26.1 Å². The Kier molecular flexibility index (Phi) is 4.85. The molecular weight excluding hydrogens is 232 g/mol. The fourth-order valence-corrected chi connectivity index (χ4v) is 2.13. The molecule has 1 rings (SSSR count). The average molecular weight is 255 g/mol. The predicted octanol–water partition coefficient (Wildman–Crippen LogP) is 4.36. The first-order valence-corrected chi connectivity index (χ1v) is 6.44. The van der Waals surface area contributed by atoms with E-state index in [1.54, 1.807) is 6.92 Å². The van der Waals surface area contributed by atoms with Crippen LogP contribution in [0.5, 0.6) is 0 Å². The van der Waals surface area contributed by atoms with Crippen molar-refractivity contribution in [3.8, 4) is 0 Å². The van der Waals surface area contributed by atoms with Crippen molar-refractivity contribution in [1.29, 1.82) is 0 Å². The summed E-state index contributed by atoms with van der Waals surface area (Å²) in [5.41, 5.74) is 0.671. The van der Waals surface area contributed by atoms with Crippen LogP contribution in [-0.4, -0.2) is 6.54 Å². The van der Waals surface area contributed by atoms with Crippen molar-refractivity contribution < 1.29 is 8.78 Å². The van der Waals surface area contributed by atoms with Gasteiger partial charge in [-0.2, -0.15) is 0 Å². The van der Waals surface area contributed by atoms with E-state index in [0.29, 0.717) is 18.5 Å². The van der Waals surface area contributed by atoms with Crippen LogP contribution in [0.2, 0.25) is 0 Å². The summed E-state index contributed by atoms with van der Waals surface area (Å²) in [7, 11) is 0. The first-order chi connectivity index (χ1) is 8.26. The van der Waals surface area contributed by atoms with Gasteiger partial charge in [0.05, 0.1) is 0 Å². The van der Waals surface area contributed by atoms with Gasteiger partial charge in [-0.05, 0) is 36.9 Å². The number of halogens is 2. The lowest BCUT2D eigenvalue weighted by molar-refractivity contribution is 0.304. The molecule has 0 aliphatic carbocycles. The number of hydrogen-bond acceptors (Lipinski definition) is 1. The Morgan fingerprint density at radius 1 is 1.22 bits per heavy atom. The molecule has 1 unspecified atom stereocenters. The number of nitrogens with one attached hydrogen (secondary N) is 1. The zero-order valence-electron chi connectivity index (χ0n) is 11.9. The summed E-state index contributed by atoms with van der Waals surface area (Å²) in [5.74, 6) is -0.890. The Hall–Kier alpha value is -0.960. The molecule has 0 fully saturated rings. The van der Waals surface area contributed by atoms with E-state index in [1.165, 1.54) is 12.1 Å². The van der Waals surface area contributed by atoms with Gasteiger partial charge in [-0.25, -0.2) is 8.78 Å². The highest BCUT2D eigenvalue weighted by atomic mass is 19.1. The minimum absolute atomic E-state index is 0.00939. The van der Waals surface area contributed by atoms with E-state index in [-0.39, 0.29) is 17.0 Å². The van der Waals surface area contributed by atoms with Gasteiger partial charge in [-0.1, -0.05) is 33.8 Å². The van der Waals surface area contributed by atoms with E-state index in [9.17, 15) is 8.78 Å². The Labute approximate surface area is 109 Å². The minimum atomic E-state index is -0.465. The molecule has 0 amide bonds. The van der Waals surface area contributed by atoms with E-state index < -0.39 is 11.6 Å². The van der Waals surface area contributed by atoms with Crippen LogP contribution in [-0.2, 0) is 0 Å². The summed E-state index contributed by atoms with van der Waals surface area (Å²) in [5, 5.41) is 3.18. The van der Waals surface area contributed by atoms with Crippen molar-refractivity contribution in [2.75, 3.05) is 6.54 Å². The number of benzene rings is 1. The molecule has 1 aromatic carbocycles. The lowest BCUT2D eigenvalue weighted by Gasteiger charge is -2.27. The maximum Gasteiger partial charge on any atom is 0.133 e. The molecule has 0 aliphatic rings. The quantitative estimate of drug-likeness (QED) is 0.843. The maximum absolute atomic E-state index is 14.1. The predicted molar refractivity (Wildman–Crippen MR) is 71.6 cm³/mol. The zero-order chi connectivity index (χ0) is 13.9. The third kappa shape index (κ3) is 3.77. The van der Waals surface area contributed by atoms with Crippen LogP contribution in [0.3, 0.4) is 0 Å². The molecule has 102 valence electrons. The van der Waals surface area contributed by atoms with Crippen molar-refractivity contribution in [2.45, 2.75) is 47.1 Å². The first-order valence-electron chi connectivity index (χ1n) is 6.44. The van der Waals surface area contributed by atoms with E-state index in [0.717, 1.165) is 0 Å². The maximum atomic E-state index is 14.1. The van der Waals surface area contributed by atoms with Crippen molar-refractivity contribution >= 4 is 0 Å². The molecule has 0 aromatic heterocycles. The van der Waals surface area contributed by atoms with Gasteiger partial charge in [-0.15, -0.1) is 0 Å². The highest BCUT2D eigenvalue weighted by Gasteiger charge is 2.25. The molecule has 18 heavy (non-hydrogen) atoms. The Balaban J connectivity index is 3.17. The number of rotatable bonds is 4. The topological polar surface area (TPSA) is 12.0 Å². The smallest absolute Gasteiger partial charge is 0.133 e. The first kappa shape index (κ1) is 15.1. The minimum Gasteiger partial charge on any atom is -0.310 e. The number of aryl methyl sites for hydroxylation is 1. The highest BCUT2D eigenvalue weighted by molar-refractivity contribution is 5.29. The molecule has 1 atom stereocenters. The van der Waals surface area contributed by atoms with Crippen molar-refractivity contribution in [3.05, 3.63) is 34.9 Å². The van der Waals surface area contributed by atoms with Crippen LogP contribution in [0.15, 0.2) is 12.1 Å². The largest absolute Gasteiger partial charge is 0.310 e. The van der Waals surface area contributed by atoms with Gasteiger partial charge in [-0.3, -0.25) is 0 Å².